The van der Waals surface area contributed by atoms with E-state index in [0.717, 1.165) is 15.9 Å². The van der Waals surface area contributed by atoms with Gasteiger partial charge in [0.15, 0.2) is 0 Å². The molecule has 2 N–H and O–H groups in total. The SMILES string of the molecule is Oc1c(Cl)cc(Cl)cc1CNc1ccc2ncsc2c1. The van der Waals surface area contributed by atoms with Crippen LogP contribution in [0.25, 0.3) is 10.2 Å². The molecule has 0 radical (unpaired) electrons. The quantitative estimate of drug-likeness (QED) is 0.718. The zero-order valence-corrected chi connectivity index (χ0v) is 12.6. The first-order valence-electron chi connectivity index (χ1n) is 5.87. The van der Waals surface area contributed by atoms with Crippen molar-refractivity contribution in [2.24, 2.45) is 0 Å². The standard InChI is InChI=1S/C14H10Cl2N2OS/c15-9-3-8(14(19)11(16)4-9)6-17-10-1-2-12-13(5-10)20-7-18-12/h1-5,7,17,19H,6H2. The molecule has 2 aromatic carbocycles. The van der Waals surface area contributed by atoms with Gasteiger partial charge in [-0.3, -0.25) is 0 Å². The molecule has 0 spiro atoms. The second-order valence-electron chi connectivity index (χ2n) is 4.28. The minimum Gasteiger partial charge on any atom is -0.506 e. The summed E-state index contributed by atoms with van der Waals surface area (Å²) in [6.45, 7) is 0.441. The van der Waals surface area contributed by atoms with Crippen LogP contribution in [0.3, 0.4) is 0 Å². The van der Waals surface area contributed by atoms with E-state index < -0.39 is 0 Å². The van der Waals surface area contributed by atoms with Gasteiger partial charge < -0.3 is 10.4 Å². The number of nitrogens with zero attached hydrogens (tertiary/aromatic N) is 1. The Bertz CT molecular complexity index is 773. The third-order valence-electron chi connectivity index (χ3n) is 2.92. The van der Waals surface area contributed by atoms with Crippen molar-refractivity contribution in [1.82, 2.24) is 4.98 Å². The summed E-state index contributed by atoms with van der Waals surface area (Å²) in [5.74, 6) is 0.0578. The third-order valence-corrected chi connectivity index (χ3v) is 4.22. The zero-order chi connectivity index (χ0) is 14.1. The number of anilines is 1. The number of aromatic hydroxyl groups is 1. The molecule has 0 aliphatic rings. The molecule has 1 heterocycles. The average molecular weight is 325 g/mol. The average Bonchev–Trinajstić information content (AvgIpc) is 2.88. The van der Waals surface area contributed by atoms with Crippen molar-refractivity contribution >= 4 is 50.4 Å². The number of thiazole rings is 1. The van der Waals surface area contributed by atoms with Gasteiger partial charge in [-0.15, -0.1) is 11.3 Å². The monoisotopic (exact) mass is 324 g/mol. The van der Waals surface area contributed by atoms with Crippen LogP contribution in [0.5, 0.6) is 5.75 Å². The van der Waals surface area contributed by atoms with Gasteiger partial charge in [-0.1, -0.05) is 23.2 Å². The maximum Gasteiger partial charge on any atom is 0.139 e. The van der Waals surface area contributed by atoms with Gasteiger partial charge in [0.25, 0.3) is 0 Å². The van der Waals surface area contributed by atoms with E-state index in [2.05, 4.69) is 10.3 Å². The van der Waals surface area contributed by atoms with Crippen LogP contribution in [-0.4, -0.2) is 10.1 Å². The fourth-order valence-electron chi connectivity index (χ4n) is 1.92. The number of fused-ring (bicyclic) bond motifs is 1. The van der Waals surface area contributed by atoms with Crippen LogP contribution in [-0.2, 0) is 6.54 Å². The third kappa shape index (κ3) is 2.68. The summed E-state index contributed by atoms with van der Waals surface area (Å²) in [7, 11) is 0. The molecule has 0 aliphatic carbocycles. The van der Waals surface area contributed by atoms with Gasteiger partial charge in [0.2, 0.25) is 0 Å². The maximum atomic E-state index is 9.90. The number of halogens is 2. The smallest absolute Gasteiger partial charge is 0.139 e. The van der Waals surface area contributed by atoms with E-state index in [1.807, 2.05) is 23.7 Å². The Labute approximate surface area is 129 Å². The van der Waals surface area contributed by atoms with Crippen LogP contribution in [0, 0.1) is 0 Å². The summed E-state index contributed by atoms with van der Waals surface area (Å²) in [5, 5.41) is 13.9. The molecule has 102 valence electrons. The van der Waals surface area contributed by atoms with Crippen molar-refractivity contribution in [3.05, 3.63) is 51.5 Å². The Morgan fingerprint density at radius 3 is 2.90 bits per heavy atom. The van der Waals surface area contributed by atoms with E-state index >= 15 is 0 Å². The van der Waals surface area contributed by atoms with Gasteiger partial charge in [-0.2, -0.15) is 0 Å². The first-order valence-corrected chi connectivity index (χ1v) is 7.51. The highest BCUT2D eigenvalue weighted by molar-refractivity contribution is 7.16. The van der Waals surface area contributed by atoms with E-state index in [0.29, 0.717) is 17.1 Å². The highest BCUT2D eigenvalue weighted by Gasteiger charge is 2.08. The molecule has 0 aliphatic heterocycles. The number of hydrogen-bond donors (Lipinski definition) is 2. The summed E-state index contributed by atoms with van der Waals surface area (Å²) < 4.78 is 1.11. The van der Waals surface area contributed by atoms with Crippen LogP contribution in [0.15, 0.2) is 35.8 Å². The summed E-state index contributed by atoms with van der Waals surface area (Å²) in [4.78, 5) is 4.23. The lowest BCUT2D eigenvalue weighted by Crippen LogP contribution is -1.99. The molecule has 6 heteroatoms. The molecule has 3 nitrogen and oxygen atoms in total. The highest BCUT2D eigenvalue weighted by atomic mass is 35.5. The van der Waals surface area contributed by atoms with Crippen LogP contribution in [0.1, 0.15) is 5.56 Å². The number of aromatic nitrogens is 1. The first kappa shape index (κ1) is 13.5. The fraction of sp³-hybridized carbons (Fsp3) is 0.0714. The number of rotatable bonds is 3. The fourth-order valence-corrected chi connectivity index (χ4v) is 3.17. The molecule has 0 atom stereocenters. The molecular formula is C14H10Cl2N2OS. The van der Waals surface area contributed by atoms with Crippen LogP contribution >= 0.6 is 34.5 Å². The summed E-state index contributed by atoms with van der Waals surface area (Å²) in [6.07, 6.45) is 0. The molecule has 1 aromatic heterocycles. The topological polar surface area (TPSA) is 45.1 Å². The van der Waals surface area contributed by atoms with Crippen molar-refractivity contribution in [2.75, 3.05) is 5.32 Å². The van der Waals surface area contributed by atoms with Gasteiger partial charge in [0, 0.05) is 22.8 Å². The lowest BCUT2D eigenvalue weighted by molar-refractivity contribution is 0.469. The molecule has 0 bridgehead atoms. The Morgan fingerprint density at radius 1 is 1.20 bits per heavy atom. The Morgan fingerprint density at radius 2 is 2.05 bits per heavy atom. The van der Waals surface area contributed by atoms with Crippen molar-refractivity contribution in [1.29, 1.82) is 0 Å². The largest absolute Gasteiger partial charge is 0.506 e. The molecule has 0 saturated carbocycles. The minimum absolute atomic E-state index is 0.0578. The number of benzene rings is 2. The number of hydrogen-bond acceptors (Lipinski definition) is 4. The Hall–Kier alpha value is -1.49. The zero-order valence-electron chi connectivity index (χ0n) is 10.2. The normalized spacial score (nSPS) is 10.9. The number of phenolic OH excluding ortho intramolecular Hbond substituents is 1. The number of phenols is 1. The molecule has 20 heavy (non-hydrogen) atoms. The van der Waals surface area contributed by atoms with E-state index in [1.54, 1.807) is 17.4 Å². The van der Waals surface area contributed by atoms with Crippen LogP contribution in [0.4, 0.5) is 5.69 Å². The lowest BCUT2D eigenvalue weighted by atomic mass is 10.2. The molecule has 0 unspecified atom stereocenters. The van der Waals surface area contributed by atoms with Gasteiger partial charge in [0.05, 0.1) is 20.7 Å². The first-order chi connectivity index (χ1) is 9.63. The molecule has 0 amide bonds. The predicted octanol–water partition coefficient (Wildman–Crippen LogP) is 4.92. The lowest BCUT2D eigenvalue weighted by Gasteiger charge is -2.10. The van der Waals surface area contributed by atoms with Crippen molar-refractivity contribution in [3.8, 4) is 5.75 Å². The van der Waals surface area contributed by atoms with Gasteiger partial charge >= 0.3 is 0 Å². The van der Waals surface area contributed by atoms with Crippen LogP contribution in [0.2, 0.25) is 10.0 Å². The van der Waals surface area contributed by atoms with E-state index in [9.17, 15) is 5.11 Å². The second kappa shape index (κ2) is 5.48. The van der Waals surface area contributed by atoms with Gasteiger partial charge in [-0.05, 0) is 30.3 Å². The molecular weight excluding hydrogens is 315 g/mol. The summed E-state index contributed by atoms with van der Waals surface area (Å²) in [5.41, 5.74) is 4.41. The van der Waals surface area contributed by atoms with Gasteiger partial charge in [0.1, 0.15) is 5.75 Å². The maximum absolute atomic E-state index is 9.90. The Kier molecular flexibility index (Phi) is 3.70. The van der Waals surface area contributed by atoms with E-state index in [-0.39, 0.29) is 10.8 Å². The molecule has 3 rings (SSSR count). The second-order valence-corrected chi connectivity index (χ2v) is 6.01. The summed E-state index contributed by atoms with van der Waals surface area (Å²) >= 11 is 13.4. The van der Waals surface area contributed by atoms with E-state index in [4.69, 9.17) is 23.2 Å². The van der Waals surface area contributed by atoms with Crippen molar-refractivity contribution < 1.29 is 5.11 Å². The Balaban J connectivity index is 1.82. The van der Waals surface area contributed by atoms with Crippen molar-refractivity contribution in [2.45, 2.75) is 6.54 Å². The molecule has 3 aromatic rings. The minimum atomic E-state index is 0.0578. The van der Waals surface area contributed by atoms with Gasteiger partial charge in [-0.25, -0.2) is 4.98 Å². The molecule has 0 saturated heterocycles. The molecule has 0 fully saturated rings. The van der Waals surface area contributed by atoms with Crippen molar-refractivity contribution in [3.63, 3.8) is 0 Å². The summed E-state index contributed by atoms with van der Waals surface area (Å²) in [6, 6.07) is 9.15. The van der Waals surface area contributed by atoms with E-state index in [1.165, 1.54) is 6.07 Å². The highest BCUT2D eigenvalue weighted by Crippen LogP contribution is 2.32. The number of nitrogens with one attached hydrogen (secondary N) is 1. The predicted molar refractivity (Wildman–Crippen MR) is 85.1 cm³/mol. The van der Waals surface area contributed by atoms with Crippen LogP contribution < -0.4 is 5.32 Å².